The van der Waals surface area contributed by atoms with Gasteiger partial charge in [0, 0.05) is 19.8 Å². The molecule has 0 saturated heterocycles. The zero-order valence-electron chi connectivity index (χ0n) is 11.6. The Morgan fingerprint density at radius 2 is 1.90 bits per heavy atom. The number of nitrogens with one attached hydrogen (secondary N) is 1. The summed E-state index contributed by atoms with van der Waals surface area (Å²) in [6.45, 7) is 0.447. The molecule has 1 aromatic rings. The molecule has 2 amide bonds. The normalized spacial score (nSPS) is 9.70. The number of rotatable bonds is 6. The van der Waals surface area contributed by atoms with Gasteiger partial charge in [0.05, 0.1) is 6.54 Å². The highest BCUT2D eigenvalue weighted by atomic mass is 16.6. The van der Waals surface area contributed by atoms with Gasteiger partial charge in [-0.15, -0.1) is 0 Å². The van der Waals surface area contributed by atoms with Crippen LogP contribution in [0.3, 0.4) is 0 Å². The number of anilines is 1. The van der Waals surface area contributed by atoms with Gasteiger partial charge in [-0.2, -0.15) is 0 Å². The molecule has 0 saturated carbocycles. The molecule has 0 unspecified atom stereocenters. The number of primary amides is 1. The molecule has 0 aliphatic heterocycles. The van der Waals surface area contributed by atoms with Crippen molar-refractivity contribution in [3.8, 4) is 0 Å². The zero-order valence-corrected chi connectivity index (χ0v) is 11.6. The molecule has 0 fully saturated rings. The van der Waals surface area contributed by atoms with Gasteiger partial charge in [-0.25, -0.2) is 9.59 Å². The summed E-state index contributed by atoms with van der Waals surface area (Å²) in [6.07, 6.45) is -1.35. The summed E-state index contributed by atoms with van der Waals surface area (Å²) in [6, 6.07) is 7.53. The number of hydrogen-bond donors (Lipinski definition) is 2. The van der Waals surface area contributed by atoms with E-state index in [9.17, 15) is 9.59 Å². The lowest BCUT2D eigenvalue weighted by molar-refractivity contribution is 0.0927. The van der Waals surface area contributed by atoms with E-state index >= 15 is 0 Å². The van der Waals surface area contributed by atoms with Crippen LogP contribution < -0.4 is 11.1 Å². The molecule has 1 rings (SSSR count). The highest BCUT2D eigenvalue weighted by Gasteiger charge is 2.10. The van der Waals surface area contributed by atoms with Gasteiger partial charge in [-0.1, -0.05) is 12.1 Å². The first-order valence-corrected chi connectivity index (χ1v) is 6.09. The lowest BCUT2D eigenvalue weighted by Gasteiger charge is -2.16. The van der Waals surface area contributed by atoms with Crippen molar-refractivity contribution in [3.05, 3.63) is 29.8 Å². The Morgan fingerprint density at radius 1 is 1.25 bits per heavy atom. The molecule has 0 radical (unpaired) electrons. The minimum atomic E-state index is -0.864. The van der Waals surface area contributed by atoms with Gasteiger partial charge in [-0.05, 0) is 17.7 Å². The zero-order chi connectivity index (χ0) is 15.0. The van der Waals surface area contributed by atoms with Crippen LogP contribution in [0.25, 0.3) is 0 Å². The topological polar surface area (TPSA) is 93.9 Å². The third-order valence-electron chi connectivity index (χ3n) is 2.59. The van der Waals surface area contributed by atoms with E-state index < -0.39 is 12.2 Å². The number of nitrogens with zero attached hydrogens (tertiary/aromatic N) is 1. The molecule has 0 aliphatic carbocycles. The number of amides is 2. The van der Waals surface area contributed by atoms with Crippen molar-refractivity contribution in [3.63, 3.8) is 0 Å². The maximum atomic E-state index is 11.6. The Balaban J connectivity index is 2.32. The minimum absolute atomic E-state index is 0.0395. The Kier molecular flexibility index (Phi) is 6.15. The van der Waals surface area contributed by atoms with Crippen molar-refractivity contribution in [1.29, 1.82) is 0 Å². The fourth-order valence-electron chi connectivity index (χ4n) is 1.40. The highest BCUT2D eigenvalue weighted by molar-refractivity contribution is 5.67. The molecule has 3 N–H and O–H groups in total. The van der Waals surface area contributed by atoms with E-state index in [1.807, 2.05) is 31.3 Å². The molecule has 20 heavy (non-hydrogen) atoms. The fraction of sp³-hybridized carbons (Fsp3) is 0.385. The van der Waals surface area contributed by atoms with Gasteiger partial charge in [0.2, 0.25) is 0 Å². The summed E-state index contributed by atoms with van der Waals surface area (Å²) < 4.78 is 9.65. The molecule has 0 bridgehead atoms. The predicted molar refractivity (Wildman–Crippen MR) is 74.3 cm³/mol. The summed E-state index contributed by atoms with van der Waals surface area (Å²) in [5.74, 6) is 0. The van der Waals surface area contributed by atoms with Crippen molar-refractivity contribution >= 4 is 17.9 Å². The van der Waals surface area contributed by atoms with Crippen LogP contribution >= 0.6 is 0 Å². The largest absolute Gasteiger partial charge is 0.448 e. The fourth-order valence-corrected chi connectivity index (χ4v) is 1.40. The van der Waals surface area contributed by atoms with Crippen molar-refractivity contribution in [2.75, 3.05) is 32.6 Å². The first kappa shape index (κ1) is 15.6. The van der Waals surface area contributed by atoms with Crippen LogP contribution in [0.4, 0.5) is 15.3 Å². The first-order chi connectivity index (χ1) is 9.52. The van der Waals surface area contributed by atoms with Crippen LogP contribution in [-0.4, -0.2) is 44.3 Å². The van der Waals surface area contributed by atoms with E-state index in [0.717, 1.165) is 11.3 Å². The number of benzene rings is 1. The van der Waals surface area contributed by atoms with Crippen LogP contribution in [0.2, 0.25) is 0 Å². The smallest absolute Gasteiger partial charge is 0.409 e. The maximum absolute atomic E-state index is 11.6. The molecule has 7 heteroatoms. The number of hydrogen-bond acceptors (Lipinski definition) is 5. The average molecular weight is 281 g/mol. The molecule has 0 aliphatic rings. The SMILES string of the molecule is CNc1ccc(COC(=O)N(C)CCOC(N)=O)cc1. The molecule has 7 nitrogen and oxygen atoms in total. The maximum Gasteiger partial charge on any atom is 0.409 e. The van der Waals surface area contributed by atoms with Crippen molar-refractivity contribution in [1.82, 2.24) is 4.90 Å². The summed E-state index contributed by atoms with van der Waals surface area (Å²) in [4.78, 5) is 23.3. The quantitative estimate of drug-likeness (QED) is 0.821. The number of nitrogens with two attached hydrogens (primary N) is 1. The summed E-state index contributed by atoms with van der Waals surface area (Å²) >= 11 is 0. The molecule has 0 aromatic heterocycles. The lowest BCUT2D eigenvalue weighted by atomic mass is 10.2. The molecule has 0 spiro atoms. The first-order valence-electron chi connectivity index (χ1n) is 6.09. The Hall–Kier alpha value is -2.44. The number of likely N-dealkylation sites (N-methyl/N-ethyl adjacent to an activating group) is 1. The van der Waals surface area contributed by atoms with Crippen LogP contribution in [0.15, 0.2) is 24.3 Å². The van der Waals surface area contributed by atoms with E-state index in [-0.39, 0.29) is 19.8 Å². The Morgan fingerprint density at radius 3 is 2.45 bits per heavy atom. The van der Waals surface area contributed by atoms with Crippen molar-refractivity contribution in [2.45, 2.75) is 6.61 Å². The molecule has 110 valence electrons. The van der Waals surface area contributed by atoms with Crippen LogP contribution in [-0.2, 0) is 16.1 Å². The summed E-state index contributed by atoms with van der Waals surface area (Å²) in [5.41, 5.74) is 6.69. The van der Waals surface area contributed by atoms with E-state index in [4.69, 9.17) is 10.5 Å². The van der Waals surface area contributed by atoms with Crippen LogP contribution in [0, 0.1) is 0 Å². The third-order valence-corrected chi connectivity index (χ3v) is 2.59. The van der Waals surface area contributed by atoms with E-state index in [1.165, 1.54) is 4.90 Å². The molecule has 1 aromatic carbocycles. The third kappa shape index (κ3) is 5.47. The standard InChI is InChI=1S/C13H19N3O4/c1-15-11-5-3-10(4-6-11)9-20-13(18)16(2)7-8-19-12(14)17/h3-6,15H,7-9H2,1-2H3,(H2,14,17). The number of carbonyl (C=O) groups excluding carboxylic acids is 2. The van der Waals surface area contributed by atoms with Crippen molar-refractivity contribution < 1.29 is 19.1 Å². The Bertz CT molecular complexity index is 447. The predicted octanol–water partition coefficient (Wildman–Crippen LogP) is 1.39. The second-order valence-electron chi connectivity index (χ2n) is 4.09. The highest BCUT2D eigenvalue weighted by Crippen LogP contribution is 2.09. The van der Waals surface area contributed by atoms with Crippen LogP contribution in [0.1, 0.15) is 5.56 Å². The summed E-state index contributed by atoms with van der Waals surface area (Å²) in [7, 11) is 3.38. The van der Waals surface area contributed by atoms with Gasteiger partial charge in [0.25, 0.3) is 0 Å². The van der Waals surface area contributed by atoms with Gasteiger partial charge in [0.1, 0.15) is 13.2 Å². The molecular formula is C13H19N3O4. The van der Waals surface area contributed by atoms with Crippen LogP contribution in [0.5, 0.6) is 0 Å². The molecule has 0 atom stereocenters. The lowest BCUT2D eigenvalue weighted by Crippen LogP contribution is -2.31. The number of ether oxygens (including phenoxy) is 2. The second kappa shape index (κ2) is 7.88. The van der Waals surface area contributed by atoms with Gasteiger partial charge >= 0.3 is 12.2 Å². The van der Waals surface area contributed by atoms with E-state index in [2.05, 4.69) is 10.1 Å². The monoisotopic (exact) mass is 281 g/mol. The van der Waals surface area contributed by atoms with E-state index in [0.29, 0.717) is 0 Å². The van der Waals surface area contributed by atoms with Gasteiger partial charge < -0.3 is 25.4 Å². The Labute approximate surface area is 117 Å². The van der Waals surface area contributed by atoms with Gasteiger partial charge in [0.15, 0.2) is 0 Å². The molecular weight excluding hydrogens is 262 g/mol. The van der Waals surface area contributed by atoms with Crippen molar-refractivity contribution in [2.24, 2.45) is 5.73 Å². The average Bonchev–Trinajstić information content (AvgIpc) is 2.44. The number of carbonyl (C=O) groups is 2. The minimum Gasteiger partial charge on any atom is -0.448 e. The second-order valence-corrected chi connectivity index (χ2v) is 4.09. The molecule has 0 heterocycles. The van der Waals surface area contributed by atoms with E-state index in [1.54, 1.807) is 7.05 Å². The summed E-state index contributed by atoms with van der Waals surface area (Å²) in [5, 5.41) is 3.00. The van der Waals surface area contributed by atoms with Gasteiger partial charge in [-0.3, -0.25) is 0 Å².